The molecule has 0 atom stereocenters. The smallest absolute Gasteiger partial charge is 0.405 e. The molecule has 0 saturated carbocycles. The Hall–Kier alpha value is -3.42. The standard InChI is InChI=1S/C20H15F7N4O2S/c1-10(2)31(12-5-3-11(21)4-6-12)18(32)33-15-13(19(22,23)24)9-14(20(25,26)27)29-16(15)30-8-7-28-17(30)34/h3-10H,1-2H3,(H,28,34). The van der Waals surface area contributed by atoms with E-state index in [1.165, 1.54) is 26.0 Å². The fourth-order valence-corrected chi connectivity index (χ4v) is 3.19. The van der Waals surface area contributed by atoms with E-state index in [0.29, 0.717) is 4.57 Å². The monoisotopic (exact) mass is 508 g/mol. The summed E-state index contributed by atoms with van der Waals surface area (Å²) in [6.45, 7) is 3.01. The number of aromatic amines is 1. The predicted molar refractivity (Wildman–Crippen MR) is 109 cm³/mol. The summed E-state index contributed by atoms with van der Waals surface area (Å²) in [4.78, 5) is 19.6. The van der Waals surface area contributed by atoms with Crippen molar-refractivity contribution in [2.45, 2.75) is 32.2 Å². The Balaban J connectivity index is 2.23. The lowest BCUT2D eigenvalue weighted by Crippen LogP contribution is -2.39. The van der Waals surface area contributed by atoms with Crippen molar-refractivity contribution in [2.24, 2.45) is 0 Å². The van der Waals surface area contributed by atoms with Crippen LogP contribution < -0.4 is 9.64 Å². The van der Waals surface area contributed by atoms with Gasteiger partial charge in [0.05, 0.1) is 0 Å². The number of halogens is 7. The number of amides is 1. The van der Waals surface area contributed by atoms with E-state index in [4.69, 9.17) is 17.0 Å². The summed E-state index contributed by atoms with van der Waals surface area (Å²) in [6, 6.07) is 3.48. The molecule has 0 aliphatic heterocycles. The Bertz CT molecular complexity index is 1250. The van der Waals surface area contributed by atoms with Crippen LogP contribution in [0.25, 0.3) is 5.82 Å². The number of anilines is 1. The molecule has 0 bridgehead atoms. The maximum atomic E-state index is 13.8. The van der Waals surface area contributed by atoms with Crippen LogP contribution in [0.3, 0.4) is 0 Å². The number of carbonyl (C=O) groups excluding carboxylic acids is 1. The number of imidazole rings is 1. The Kier molecular flexibility index (Phi) is 6.73. The quantitative estimate of drug-likeness (QED) is 0.322. The molecule has 0 aliphatic rings. The first-order valence-corrected chi connectivity index (χ1v) is 9.83. The molecule has 3 aromatic rings. The maximum Gasteiger partial charge on any atom is 0.433 e. The molecule has 0 unspecified atom stereocenters. The highest BCUT2D eigenvalue weighted by molar-refractivity contribution is 7.71. The van der Waals surface area contributed by atoms with E-state index < -0.39 is 53.1 Å². The van der Waals surface area contributed by atoms with Crippen molar-refractivity contribution in [1.29, 1.82) is 0 Å². The van der Waals surface area contributed by atoms with Gasteiger partial charge in [-0.1, -0.05) is 0 Å². The Labute approximate surface area is 192 Å². The van der Waals surface area contributed by atoms with Crippen LogP contribution >= 0.6 is 12.2 Å². The highest BCUT2D eigenvalue weighted by Gasteiger charge is 2.43. The maximum absolute atomic E-state index is 13.8. The van der Waals surface area contributed by atoms with E-state index in [0.717, 1.165) is 29.4 Å². The lowest BCUT2D eigenvalue weighted by Gasteiger charge is -2.27. The Morgan fingerprint density at radius 3 is 2.21 bits per heavy atom. The molecule has 0 radical (unpaired) electrons. The molecular weight excluding hydrogens is 493 g/mol. The van der Waals surface area contributed by atoms with Crippen LogP contribution in [-0.4, -0.2) is 26.7 Å². The van der Waals surface area contributed by atoms with Gasteiger partial charge in [0.25, 0.3) is 0 Å². The van der Waals surface area contributed by atoms with E-state index >= 15 is 0 Å². The van der Waals surface area contributed by atoms with Crippen LogP contribution in [-0.2, 0) is 12.4 Å². The second-order valence-corrected chi connectivity index (χ2v) is 7.53. The average Bonchev–Trinajstić information content (AvgIpc) is 3.13. The third kappa shape index (κ3) is 5.21. The molecule has 0 spiro atoms. The summed E-state index contributed by atoms with van der Waals surface area (Å²) < 4.78 is 100. The predicted octanol–water partition coefficient (Wildman–Crippen LogP) is 6.52. The Morgan fingerprint density at radius 2 is 1.74 bits per heavy atom. The third-order valence-corrected chi connectivity index (χ3v) is 4.75. The van der Waals surface area contributed by atoms with Gasteiger partial charge in [0.1, 0.15) is 17.1 Å². The summed E-state index contributed by atoms with van der Waals surface area (Å²) in [7, 11) is 0. The van der Waals surface area contributed by atoms with Gasteiger partial charge in [-0.2, -0.15) is 26.3 Å². The number of rotatable bonds is 4. The molecule has 0 aliphatic carbocycles. The number of H-pyrrole nitrogens is 1. The molecule has 2 aromatic heterocycles. The van der Waals surface area contributed by atoms with Gasteiger partial charge < -0.3 is 9.72 Å². The van der Waals surface area contributed by atoms with E-state index in [-0.39, 0.29) is 16.5 Å². The minimum Gasteiger partial charge on any atom is -0.405 e. The van der Waals surface area contributed by atoms with Crippen molar-refractivity contribution >= 4 is 24.0 Å². The minimum absolute atomic E-state index is 0.0784. The van der Waals surface area contributed by atoms with Crippen LogP contribution in [0.5, 0.6) is 5.75 Å². The van der Waals surface area contributed by atoms with E-state index in [1.54, 1.807) is 0 Å². The topological polar surface area (TPSA) is 63.2 Å². The number of alkyl halides is 6. The van der Waals surface area contributed by atoms with Crippen LogP contribution in [0.4, 0.5) is 41.2 Å². The molecule has 14 heteroatoms. The number of nitrogens with one attached hydrogen (secondary N) is 1. The Morgan fingerprint density at radius 1 is 1.12 bits per heavy atom. The van der Waals surface area contributed by atoms with Gasteiger partial charge in [-0.3, -0.25) is 9.47 Å². The van der Waals surface area contributed by atoms with Gasteiger partial charge in [-0.25, -0.2) is 14.2 Å². The first-order valence-electron chi connectivity index (χ1n) is 9.42. The zero-order valence-electron chi connectivity index (χ0n) is 17.3. The number of ether oxygens (including phenoxy) is 1. The minimum atomic E-state index is -5.36. The van der Waals surface area contributed by atoms with Gasteiger partial charge in [0, 0.05) is 24.1 Å². The van der Waals surface area contributed by atoms with Crippen molar-refractivity contribution in [3.8, 4) is 11.6 Å². The third-order valence-electron chi connectivity index (χ3n) is 4.44. The van der Waals surface area contributed by atoms with Crippen LogP contribution in [0, 0.1) is 10.6 Å². The molecule has 0 saturated heterocycles. The van der Waals surface area contributed by atoms with E-state index in [1.807, 2.05) is 0 Å². The second kappa shape index (κ2) is 9.08. The molecule has 0 fully saturated rings. The fraction of sp³-hybridized carbons (Fsp3) is 0.250. The van der Waals surface area contributed by atoms with Gasteiger partial charge in [-0.15, -0.1) is 0 Å². The molecule has 182 valence electrons. The number of aromatic nitrogens is 3. The molecule has 6 nitrogen and oxygen atoms in total. The fourth-order valence-electron chi connectivity index (χ4n) is 2.98. The molecule has 1 N–H and O–H groups in total. The summed E-state index contributed by atoms with van der Waals surface area (Å²) in [6.07, 6.45) is -9.78. The summed E-state index contributed by atoms with van der Waals surface area (Å²) in [5.41, 5.74) is -3.67. The lowest BCUT2D eigenvalue weighted by molar-refractivity contribution is -0.146. The number of benzene rings is 1. The zero-order chi connectivity index (χ0) is 25.4. The highest BCUT2D eigenvalue weighted by Crippen LogP contribution is 2.42. The van der Waals surface area contributed by atoms with Crippen LogP contribution in [0.2, 0.25) is 0 Å². The lowest BCUT2D eigenvalue weighted by atomic mass is 10.1. The normalized spacial score (nSPS) is 12.2. The van der Waals surface area contributed by atoms with Crippen molar-refractivity contribution in [3.05, 3.63) is 64.6 Å². The van der Waals surface area contributed by atoms with Crippen LogP contribution in [0.1, 0.15) is 25.1 Å². The van der Waals surface area contributed by atoms with Gasteiger partial charge in [0.2, 0.25) is 0 Å². The summed E-state index contributed by atoms with van der Waals surface area (Å²) in [5.74, 6) is -2.91. The van der Waals surface area contributed by atoms with Gasteiger partial charge >= 0.3 is 18.4 Å². The largest absolute Gasteiger partial charge is 0.433 e. The zero-order valence-corrected chi connectivity index (χ0v) is 18.1. The summed E-state index contributed by atoms with van der Waals surface area (Å²) in [5, 5.41) is 0. The van der Waals surface area contributed by atoms with Crippen molar-refractivity contribution in [2.75, 3.05) is 4.90 Å². The molecule has 1 aromatic carbocycles. The van der Waals surface area contributed by atoms with Crippen molar-refractivity contribution in [3.63, 3.8) is 0 Å². The summed E-state index contributed by atoms with van der Waals surface area (Å²) >= 11 is 4.91. The number of hydrogen-bond donors (Lipinski definition) is 1. The van der Waals surface area contributed by atoms with E-state index in [9.17, 15) is 35.5 Å². The van der Waals surface area contributed by atoms with Crippen molar-refractivity contribution in [1.82, 2.24) is 14.5 Å². The molecule has 1 amide bonds. The van der Waals surface area contributed by atoms with Gasteiger partial charge in [0.15, 0.2) is 16.3 Å². The number of pyridine rings is 1. The number of nitrogens with zero attached hydrogens (tertiary/aromatic N) is 3. The molecule has 34 heavy (non-hydrogen) atoms. The first-order chi connectivity index (χ1) is 15.7. The van der Waals surface area contributed by atoms with Crippen LogP contribution in [0.15, 0.2) is 42.7 Å². The number of hydrogen-bond acceptors (Lipinski definition) is 4. The SMILES string of the molecule is CC(C)N(C(=O)Oc1c(C(F)(F)F)cc(C(F)(F)F)nc1-n1cc[nH]c1=S)c1ccc(F)cc1. The van der Waals surface area contributed by atoms with Gasteiger partial charge in [-0.05, 0) is 56.4 Å². The number of carbonyl (C=O) groups is 1. The highest BCUT2D eigenvalue weighted by atomic mass is 32.1. The molecule has 3 rings (SSSR count). The molecule has 2 heterocycles. The second-order valence-electron chi connectivity index (χ2n) is 7.15. The molecular formula is C20H15F7N4O2S. The van der Waals surface area contributed by atoms with Crippen molar-refractivity contribution < 1.29 is 40.3 Å². The average molecular weight is 508 g/mol. The first kappa shape index (κ1) is 25.2. The van der Waals surface area contributed by atoms with E-state index in [2.05, 4.69) is 9.97 Å².